The molecule has 110 valence electrons. The second kappa shape index (κ2) is 5.55. The minimum absolute atomic E-state index is 0.0115. The maximum atomic E-state index is 13.1. The lowest BCUT2D eigenvalue weighted by Gasteiger charge is -2.33. The van der Waals surface area contributed by atoms with Crippen molar-refractivity contribution in [2.45, 2.75) is 19.0 Å². The van der Waals surface area contributed by atoms with Crippen LogP contribution in [0.3, 0.4) is 0 Å². The first-order valence-corrected chi connectivity index (χ1v) is 6.34. The molecule has 0 radical (unpaired) electrons. The van der Waals surface area contributed by atoms with Gasteiger partial charge in [0.25, 0.3) is 5.91 Å². The van der Waals surface area contributed by atoms with Crippen molar-refractivity contribution < 1.29 is 22.4 Å². The quantitative estimate of drug-likeness (QED) is 0.589. The number of likely N-dealkylation sites (tertiary alicyclic amines) is 1. The van der Waals surface area contributed by atoms with Crippen molar-refractivity contribution in [3.63, 3.8) is 0 Å². The standard InChI is InChI=1S/C12H11ClF4N2O/c13-10-9(4-8(14)5-18-10)11(20)19-3-1-2-7(6-19)12(15,16)17/h4-5,7H,1-3,6H2. The number of carbonyl (C=O) groups is 1. The Morgan fingerprint density at radius 2 is 2.15 bits per heavy atom. The third-order valence-corrected chi connectivity index (χ3v) is 3.51. The summed E-state index contributed by atoms with van der Waals surface area (Å²) in [5.74, 6) is -3.04. The number of hydrogen-bond donors (Lipinski definition) is 0. The Morgan fingerprint density at radius 1 is 1.45 bits per heavy atom. The Kier molecular flexibility index (Phi) is 4.17. The summed E-state index contributed by atoms with van der Waals surface area (Å²) >= 11 is 5.69. The lowest BCUT2D eigenvalue weighted by Crippen LogP contribution is -2.44. The van der Waals surface area contributed by atoms with Gasteiger partial charge in [-0.25, -0.2) is 9.37 Å². The predicted octanol–water partition coefficient (Wildman–Crippen LogP) is 3.29. The van der Waals surface area contributed by atoms with Gasteiger partial charge in [0.05, 0.1) is 17.7 Å². The first-order chi connectivity index (χ1) is 9.29. The summed E-state index contributed by atoms with van der Waals surface area (Å²) in [4.78, 5) is 16.6. The molecule has 1 aliphatic rings. The van der Waals surface area contributed by atoms with Gasteiger partial charge in [-0.15, -0.1) is 0 Å². The van der Waals surface area contributed by atoms with Gasteiger partial charge >= 0.3 is 6.18 Å². The summed E-state index contributed by atoms with van der Waals surface area (Å²) in [5.41, 5.74) is -0.213. The molecular formula is C12H11ClF4N2O. The largest absolute Gasteiger partial charge is 0.393 e. The van der Waals surface area contributed by atoms with Gasteiger partial charge in [-0.05, 0) is 18.9 Å². The summed E-state index contributed by atoms with van der Waals surface area (Å²) in [6, 6.07) is 0.884. The van der Waals surface area contributed by atoms with Crippen LogP contribution in [0.25, 0.3) is 0 Å². The van der Waals surface area contributed by atoms with Gasteiger partial charge in [0.2, 0.25) is 0 Å². The highest BCUT2D eigenvalue weighted by Crippen LogP contribution is 2.33. The fourth-order valence-electron chi connectivity index (χ4n) is 2.17. The van der Waals surface area contributed by atoms with E-state index in [1.54, 1.807) is 0 Å². The molecule has 1 amide bonds. The molecule has 0 aliphatic carbocycles. The van der Waals surface area contributed by atoms with Crippen LogP contribution in [0.5, 0.6) is 0 Å². The van der Waals surface area contributed by atoms with Crippen LogP contribution >= 0.6 is 11.6 Å². The number of nitrogens with zero attached hydrogens (tertiary/aromatic N) is 2. The van der Waals surface area contributed by atoms with E-state index < -0.39 is 30.4 Å². The summed E-state index contributed by atoms with van der Waals surface area (Å²) in [7, 11) is 0. The highest BCUT2D eigenvalue weighted by atomic mass is 35.5. The number of piperidine rings is 1. The van der Waals surface area contributed by atoms with E-state index in [2.05, 4.69) is 4.98 Å². The Bertz CT molecular complexity index is 521. The van der Waals surface area contributed by atoms with Gasteiger partial charge in [0.1, 0.15) is 11.0 Å². The van der Waals surface area contributed by atoms with Crippen LogP contribution in [0.2, 0.25) is 5.15 Å². The van der Waals surface area contributed by atoms with E-state index in [0.717, 1.165) is 17.2 Å². The second-order valence-electron chi connectivity index (χ2n) is 4.62. The molecule has 1 fully saturated rings. The van der Waals surface area contributed by atoms with Crippen LogP contribution < -0.4 is 0 Å². The van der Waals surface area contributed by atoms with Crippen LogP contribution in [-0.4, -0.2) is 35.1 Å². The summed E-state index contributed by atoms with van der Waals surface area (Å²) in [6.07, 6.45) is -3.27. The molecule has 1 unspecified atom stereocenters. The monoisotopic (exact) mass is 310 g/mol. The third-order valence-electron chi connectivity index (χ3n) is 3.21. The molecule has 20 heavy (non-hydrogen) atoms. The van der Waals surface area contributed by atoms with Crippen LogP contribution in [0, 0.1) is 11.7 Å². The summed E-state index contributed by atoms with van der Waals surface area (Å²) < 4.78 is 51.1. The fourth-order valence-corrected chi connectivity index (χ4v) is 2.36. The van der Waals surface area contributed by atoms with Gasteiger partial charge < -0.3 is 4.90 Å². The molecule has 0 aromatic carbocycles. The first-order valence-electron chi connectivity index (χ1n) is 5.96. The van der Waals surface area contributed by atoms with E-state index in [1.165, 1.54) is 0 Å². The number of carbonyl (C=O) groups excluding carboxylic acids is 1. The minimum atomic E-state index is -4.34. The van der Waals surface area contributed by atoms with Crippen LogP contribution in [0.1, 0.15) is 23.2 Å². The molecule has 8 heteroatoms. The Balaban J connectivity index is 2.18. The van der Waals surface area contributed by atoms with Gasteiger partial charge in [0.15, 0.2) is 0 Å². The minimum Gasteiger partial charge on any atom is -0.338 e. The molecule has 1 aliphatic heterocycles. The van der Waals surface area contributed by atoms with Gasteiger partial charge in [0, 0.05) is 13.1 Å². The van der Waals surface area contributed by atoms with Crippen LogP contribution in [0.4, 0.5) is 17.6 Å². The Labute approximate surface area is 117 Å². The van der Waals surface area contributed by atoms with E-state index >= 15 is 0 Å². The zero-order valence-electron chi connectivity index (χ0n) is 10.3. The van der Waals surface area contributed by atoms with Crippen molar-refractivity contribution in [2.75, 3.05) is 13.1 Å². The summed E-state index contributed by atoms with van der Waals surface area (Å²) in [6.45, 7) is -0.243. The summed E-state index contributed by atoms with van der Waals surface area (Å²) in [5, 5.41) is -0.217. The lowest BCUT2D eigenvalue weighted by molar-refractivity contribution is -0.184. The number of rotatable bonds is 1. The maximum absolute atomic E-state index is 13.1. The maximum Gasteiger partial charge on any atom is 0.393 e. The average Bonchev–Trinajstić information content (AvgIpc) is 2.40. The molecule has 1 aromatic rings. The molecular weight excluding hydrogens is 300 g/mol. The lowest BCUT2D eigenvalue weighted by atomic mass is 9.97. The van der Waals surface area contributed by atoms with E-state index in [1.807, 2.05) is 0 Å². The van der Waals surface area contributed by atoms with Crippen LogP contribution in [0.15, 0.2) is 12.3 Å². The molecule has 1 atom stereocenters. The number of halogens is 5. The second-order valence-corrected chi connectivity index (χ2v) is 4.98. The zero-order chi connectivity index (χ0) is 14.9. The van der Waals surface area contributed by atoms with Crippen LogP contribution in [-0.2, 0) is 0 Å². The fraction of sp³-hybridized carbons (Fsp3) is 0.500. The molecule has 1 saturated heterocycles. The highest BCUT2D eigenvalue weighted by Gasteiger charge is 2.43. The SMILES string of the molecule is O=C(c1cc(F)cnc1Cl)N1CCCC(C(F)(F)F)C1. The average molecular weight is 311 g/mol. The van der Waals surface area contributed by atoms with Crippen molar-refractivity contribution in [3.8, 4) is 0 Å². The molecule has 0 saturated carbocycles. The van der Waals surface area contributed by atoms with Crippen molar-refractivity contribution in [2.24, 2.45) is 5.92 Å². The van der Waals surface area contributed by atoms with E-state index in [4.69, 9.17) is 11.6 Å². The van der Waals surface area contributed by atoms with Crippen molar-refractivity contribution >= 4 is 17.5 Å². The van der Waals surface area contributed by atoms with Crippen molar-refractivity contribution in [1.82, 2.24) is 9.88 Å². The van der Waals surface area contributed by atoms with Gasteiger partial charge in [-0.2, -0.15) is 13.2 Å². The van der Waals surface area contributed by atoms with Crippen molar-refractivity contribution in [3.05, 3.63) is 28.8 Å². The van der Waals surface area contributed by atoms with Gasteiger partial charge in [-0.3, -0.25) is 4.79 Å². The topological polar surface area (TPSA) is 33.2 Å². The van der Waals surface area contributed by atoms with Crippen molar-refractivity contribution in [1.29, 1.82) is 0 Å². The molecule has 0 N–H and O–H groups in total. The highest BCUT2D eigenvalue weighted by molar-refractivity contribution is 6.32. The predicted molar refractivity (Wildman–Crippen MR) is 63.9 cm³/mol. The van der Waals surface area contributed by atoms with Gasteiger partial charge in [-0.1, -0.05) is 11.6 Å². The smallest absolute Gasteiger partial charge is 0.338 e. The number of hydrogen-bond acceptors (Lipinski definition) is 2. The number of pyridine rings is 1. The van der Waals surface area contributed by atoms with E-state index in [0.29, 0.717) is 0 Å². The molecule has 1 aromatic heterocycles. The molecule has 2 heterocycles. The normalized spacial score (nSPS) is 20.1. The molecule has 0 bridgehead atoms. The number of alkyl halides is 3. The molecule has 0 spiro atoms. The zero-order valence-corrected chi connectivity index (χ0v) is 11.0. The van der Waals surface area contributed by atoms with E-state index in [9.17, 15) is 22.4 Å². The Hall–Kier alpha value is -1.37. The molecule has 2 rings (SSSR count). The molecule has 3 nitrogen and oxygen atoms in total. The van der Waals surface area contributed by atoms with E-state index in [-0.39, 0.29) is 30.1 Å². The first kappa shape index (κ1) is 15.0. The third kappa shape index (κ3) is 3.20. The number of amides is 1. The Morgan fingerprint density at radius 3 is 2.80 bits per heavy atom. The number of aromatic nitrogens is 1.